The molecule has 8 nitrogen and oxygen atoms in total. The van der Waals surface area contributed by atoms with Crippen LogP contribution in [0.4, 0.5) is 5.82 Å². The van der Waals surface area contributed by atoms with E-state index >= 15 is 0 Å². The summed E-state index contributed by atoms with van der Waals surface area (Å²) in [6, 6.07) is 10.3. The van der Waals surface area contributed by atoms with Gasteiger partial charge < -0.3 is 19.1 Å². The highest BCUT2D eigenvalue weighted by Crippen LogP contribution is 2.39. The van der Waals surface area contributed by atoms with Gasteiger partial charge in [0.25, 0.3) is 0 Å². The predicted octanol–water partition coefficient (Wildman–Crippen LogP) is 7.79. The Labute approximate surface area is 255 Å². The Morgan fingerprint density at radius 3 is 2.50 bits per heavy atom. The van der Waals surface area contributed by atoms with Gasteiger partial charge in [0.1, 0.15) is 23.4 Å². The van der Waals surface area contributed by atoms with E-state index in [2.05, 4.69) is 28.1 Å². The Morgan fingerprint density at radius 1 is 0.976 bits per heavy atom. The molecule has 3 aromatic heterocycles. The average Bonchev–Trinajstić information content (AvgIpc) is 3.63. The van der Waals surface area contributed by atoms with Crippen LogP contribution in [0, 0.1) is 0 Å². The lowest BCUT2D eigenvalue weighted by atomic mass is 9.89. The normalized spacial score (nSPS) is 21.2. The topological polar surface area (TPSA) is 74.5 Å². The number of ether oxygens (including phenoxy) is 3. The van der Waals surface area contributed by atoms with Gasteiger partial charge in [0.05, 0.1) is 21.2 Å². The van der Waals surface area contributed by atoms with E-state index < -0.39 is 0 Å². The van der Waals surface area contributed by atoms with Crippen molar-refractivity contribution in [2.75, 3.05) is 31.2 Å². The smallest absolute Gasteiger partial charge is 0.150 e. The molecule has 4 aromatic rings. The van der Waals surface area contributed by atoms with E-state index in [1.807, 2.05) is 29.9 Å². The number of piperidine rings is 1. The maximum absolute atomic E-state index is 6.41. The van der Waals surface area contributed by atoms with Gasteiger partial charge in [-0.25, -0.2) is 9.67 Å². The summed E-state index contributed by atoms with van der Waals surface area (Å²) < 4.78 is 20.6. The fraction of sp³-hybridized carbons (Fsp3) is 0.469. The molecule has 0 N–H and O–H groups in total. The van der Waals surface area contributed by atoms with Crippen LogP contribution in [0.15, 0.2) is 48.9 Å². The number of hydrogen-bond donors (Lipinski definition) is 0. The highest BCUT2D eigenvalue weighted by molar-refractivity contribution is 6.35. The monoisotopic (exact) mass is 607 g/mol. The van der Waals surface area contributed by atoms with Gasteiger partial charge in [0.2, 0.25) is 0 Å². The third kappa shape index (κ3) is 5.34. The Bertz CT molecular complexity index is 1530. The molecule has 220 valence electrons. The summed E-state index contributed by atoms with van der Waals surface area (Å²) in [6.07, 6.45) is 12.2. The molecule has 7 rings (SSSR count). The van der Waals surface area contributed by atoms with Crippen molar-refractivity contribution in [2.45, 2.75) is 69.8 Å². The second kappa shape index (κ2) is 11.6. The number of rotatable bonds is 6. The second-order valence-corrected chi connectivity index (χ2v) is 12.4. The predicted molar refractivity (Wildman–Crippen MR) is 164 cm³/mol. The number of nitrogens with zero attached hydrogens (tertiary/aromatic N) is 5. The van der Waals surface area contributed by atoms with Crippen molar-refractivity contribution < 1.29 is 14.2 Å². The van der Waals surface area contributed by atoms with E-state index in [9.17, 15) is 0 Å². The lowest BCUT2D eigenvalue weighted by molar-refractivity contribution is -0.0365. The van der Waals surface area contributed by atoms with Crippen LogP contribution < -0.4 is 9.64 Å². The molecule has 6 heterocycles. The molecule has 0 bridgehead atoms. The maximum Gasteiger partial charge on any atom is 0.150 e. The van der Waals surface area contributed by atoms with Gasteiger partial charge in [-0.3, -0.25) is 4.98 Å². The fourth-order valence-electron chi connectivity index (χ4n) is 6.62. The number of benzene rings is 1. The molecular formula is C32H35Cl2N5O3. The summed E-state index contributed by atoms with van der Waals surface area (Å²) in [4.78, 5) is 11.3. The van der Waals surface area contributed by atoms with Crippen molar-refractivity contribution in [3.63, 3.8) is 0 Å². The molecular weight excluding hydrogens is 573 g/mol. The summed E-state index contributed by atoms with van der Waals surface area (Å²) in [5.41, 5.74) is 3.61. The minimum atomic E-state index is -0.370. The molecule has 0 radical (unpaired) electrons. The summed E-state index contributed by atoms with van der Waals surface area (Å²) in [5, 5.41) is 7.03. The van der Waals surface area contributed by atoms with Crippen LogP contribution in [0.1, 0.15) is 69.8 Å². The third-order valence-corrected chi connectivity index (χ3v) is 9.52. The first-order valence-corrected chi connectivity index (χ1v) is 15.7. The molecule has 1 unspecified atom stereocenters. The molecule has 3 saturated heterocycles. The van der Waals surface area contributed by atoms with Crippen molar-refractivity contribution in [3.8, 4) is 17.0 Å². The molecule has 2 atom stereocenters. The van der Waals surface area contributed by atoms with Gasteiger partial charge >= 0.3 is 0 Å². The van der Waals surface area contributed by atoms with E-state index in [0.29, 0.717) is 21.4 Å². The van der Waals surface area contributed by atoms with Crippen LogP contribution in [0.25, 0.3) is 22.2 Å². The summed E-state index contributed by atoms with van der Waals surface area (Å²) in [6.45, 7) is 5.50. The quantitative estimate of drug-likeness (QED) is 0.221. The molecule has 0 aliphatic carbocycles. The van der Waals surface area contributed by atoms with Gasteiger partial charge in [0.15, 0.2) is 6.23 Å². The van der Waals surface area contributed by atoms with Crippen LogP contribution >= 0.6 is 23.2 Å². The van der Waals surface area contributed by atoms with Crippen molar-refractivity contribution >= 4 is 39.9 Å². The molecule has 3 aliphatic rings. The van der Waals surface area contributed by atoms with E-state index in [-0.39, 0.29) is 17.9 Å². The first-order valence-electron chi connectivity index (χ1n) is 14.9. The lowest BCUT2D eigenvalue weighted by Gasteiger charge is -2.39. The van der Waals surface area contributed by atoms with Crippen molar-refractivity contribution in [2.24, 2.45) is 0 Å². The van der Waals surface area contributed by atoms with Crippen molar-refractivity contribution in [1.82, 2.24) is 19.7 Å². The Hall–Kier alpha value is -2.91. The zero-order valence-electron chi connectivity index (χ0n) is 23.8. The highest BCUT2D eigenvalue weighted by Gasteiger charge is 2.38. The van der Waals surface area contributed by atoms with Crippen LogP contribution in [-0.2, 0) is 9.47 Å². The minimum Gasteiger partial charge on any atom is -0.486 e. The number of anilines is 1. The van der Waals surface area contributed by atoms with Gasteiger partial charge in [-0.15, -0.1) is 0 Å². The van der Waals surface area contributed by atoms with Crippen LogP contribution in [-0.4, -0.2) is 51.7 Å². The lowest BCUT2D eigenvalue weighted by Crippen LogP contribution is -2.44. The number of aromatic nitrogens is 4. The zero-order chi connectivity index (χ0) is 28.7. The maximum atomic E-state index is 6.41. The number of pyridine rings is 2. The van der Waals surface area contributed by atoms with Gasteiger partial charge in [-0.1, -0.05) is 23.2 Å². The van der Waals surface area contributed by atoms with Crippen molar-refractivity contribution in [3.05, 3.63) is 64.5 Å². The van der Waals surface area contributed by atoms with Gasteiger partial charge in [0, 0.05) is 61.4 Å². The zero-order valence-corrected chi connectivity index (χ0v) is 25.3. The molecule has 42 heavy (non-hydrogen) atoms. The van der Waals surface area contributed by atoms with E-state index in [4.69, 9.17) is 47.5 Å². The molecule has 0 saturated carbocycles. The second-order valence-electron chi connectivity index (χ2n) is 11.6. The molecule has 3 fully saturated rings. The largest absolute Gasteiger partial charge is 0.486 e. The number of halogens is 2. The summed E-state index contributed by atoms with van der Waals surface area (Å²) >= 11 is 12.8. The van der Waals surface area contributed by atoms with Gasteiger partial charge in [-0.05, 0) is 82.2 Å². The molecule has 3 aliphatic heterocycles. The fourth-order valence-corrected chi connectivity index (χ4v) is 7.29. The van der Waals surface area contributed by atoms with E-state index in [1.54, 1.807) is 12.4 Å². The average molecular weight is 609 g/mol. The van der Waals surface area contributed by atoms with Crippen LogP contribution in [0.5, 0.6) is 5.75 Å². The highest BCUT2D eigenvalue weighted by atomic mass is 35.5. The number of hydrogen-bond acceptors (Lipinski definition) is 7. The third-order valence-electron chi connectivity index (χ3n) is 8.92. The van der Waals surface area contributed by atoms with E-state index in [0.717, 1.165) is 86.4 Å². The Balaban J connectivity index is 1.19. The Morgan fingerprint density at radius 2 is 1.81 bits per heavy atom. The summed E-state index contributed by atoms with van der Waals surface area (Å²) in [5.74, 6) is 1.69. The van der Waals surface area contributed by atoms with Crippen molar-refractivity contribution in [1.29, 1.82) is 0 Å². The van der Waals surface area contributed by atoms with Crippen LogP contribution in [0.2, 0.25) is 10.0 Å². The Kier molecular flexibility index (Phi) is 7.73. The first-order chi connectivity index (χ1) is 20.5. The molecule has 10 heteroatoms. The van der Waals surface area contributed by atoms with Crippen LogP contribution in [0.3, 0.4) is 0 Å². The standard InChI is InChI=1S/C32H35Cl2N5O3/c1-21(30-25(33)19-35-20-26(30)34)42-23-7-8-27-24(17-23)31(37-39(27)29-5-2-3-15-40-29)22-6-9-28(36-18-22)38-13-11-32(12-14-38)10-4-16-41-32/h6-9,17-21,29H,2-5,10-16H2,1H3/t21-,29?/m1/s1. The molecule has 0 amide bonds. The number of fused-ring (bicyclic) bond motifs is 1. The minimum absolute atomic E-state index is 0.0920. The summed E-state index contributed by atoms with van der Waals surface area (Å²) in [7, 11) is 0. The van der Waals surface area contributed by atoms with Gasteiger partial charge in [-0.2, -0.15) is 5.10 Å². The van der Waals surface area contributed by atoms with E-state index in [1.165, 1.54) is 12.8 Å². The SMILES string of the molecule is C[C@@H](Oc1ccc2c(c1)c(-c1ccc(N3CCC4(CCCO4)CC3)nc1)nn2C1CCCCO1)c1c(Cl)cncc1Cl. The molecule has 1 spiro atoms. The first kappa shape index (κ1) is 27.9. The molecule has 1 aromatic carbocycles.